The molecule has 0 aromatic carbocycles. The largest absolute Gasteiger partial charge is 0.444 e. The first kappa shape index (κ1) is 11.7. The molecule has 4 nitrogen and oxygen atoms in total. The molecule has 0 unspecified atom stereocenters. The summed E-state index contributed by atoms with van der Waals surface area (Å²) in [6.45, 7) is 6.77. The Bertz CT molecular complexity index is 265. The molecule has 0 spiro atoms. The number of fused-ring (bicyclic) bond motifs is 3. The minimum atomic E-state index is -0.412. The molecular weight excluding hydrogens is 204 g/mol. The molecule has 2 aliphatic heterocycles. The molecule has 2 bridgehead atoms. The van der Waals surface area contributed by atoms with Crippen molar-refractivity contribution in [3.8, 4) is 0 Å². The van der Waals surface area contributed by atoms with Crippen molar-refractivity contribution in [1.29, 1.82) is 0 Å². The Morgan fingerprint density at radius 1 is 1.38 bits per heavy atom. The molecule has 2 heterocycles. The smallest absolute Gasteiger partial charge is 0.407 e. The second-order valence-electron chi connectivity index (χ2n) is 5.95. The van der Waals surface area contributed by atoms with E-state index in [1.165, 1.54) is 12.8 Å². The van der Waals surface area contributed by atoms with Gasteiger partial charge in [-0.15, -0.1) is 0 Å². The molecule has 2 saturated heterocycles. The van der Waals surface area contributed by atoms with E-state index in [0.29, 0.717) is 6.04 Å². The third-order valence-corrected chi connectivity index (χ3v) is 3.33. The van der Waals surface area contributed by atoms with Crippen molar-refractivity contribution in [3.05, 3.63) is 0 Å². The summed E-state index contributed by atoms with van der Waals surface area (Å²) in [6, 6.07) is 0.694. The van der Waals surface area contributed by atoms with Gasteiger partial charge in [0.2, 0.25) is 0 Å². The molecule has 0 aromatic rings. The molecule has 3 aliphatic rings. The number of nitrogens with one attached hydrogen (secondary N) is 2. The van der Waals surface area contributed by atoms with Crippen LogP contribution in [0.1, 0.15) is 40.0 Å². The second kappa shape index (κ2) is 4.24. The third-order valence-electron chi connectivity index (χ3n) is 3.33. The number of ether oxygens (including phenoxy) is 1. The highest BCUT2D eigenvalue weighted by Gasteiger charge is 2.36. The average Bonchev–Trinajstić information content (AvgIpc) is 2.16. The first-order valence-corrected chi connectivity index (χ1v) is 6.17. The van der Waals surface area contributed by atoms with Crippen LogP contribution in [0.2, 0.25) is 0 Å². The van der Waals surface area contributed by atoms with Crippen molar-refractivity contribution in [1.82, 2.24) is 10.6 Å². The van der Waals surface area contributed by atoms with Gasteiger partial charge in [-0.25, -0.2) is 4.79 Å². The van der Waals surface area contributed by atoms with Gasteiger partial charge in [0.15, 0.2) is 0 Å². The van der Waals surface area contributed by atoms with E-state index in [9.17, 15) is 4.79 Å². The van der Waals surface area contributed by atoms with Crippen LogP contribution in [0.15, 0.2) is 0 Å². The van der Waals surface area contributed by atoms with Crippen LogP contribution in [0.25, 0.3) is 0 Å². The molecule has 4 heteroatoms. The van der Waals surface area contributed by atoms with Crippen LogP contribution in [0.5, 0.6) is 0 Å². The number of carbonyl (C=O) groups excluding carboxylic acids is 1. The van der Waals surface area contributed by atoms with Crippen molar-refractivity contribution >= 4 is 6.09 Å². The molecule has 0 radical (unpaired) electrons. The maximum Gasteiger partial charge on any atom is 0.407 e. The molecular formula is C12H22N2O2. The monoisotopic (exact) mass is 226 g/mol. The first-order chi connectivity index (χ1) is 7.44. The molecule has 1 saturated carbocycles. The van der Waals surface area contributed by atoms with E-state index in [1.54, 1.807) is 0 Å². The van der Waals surface area contributed by atoms with Crippen molar-refractivity contribution in [2.75, 3.05) is 6.54 Å². The summed E-state index contributed by atoms with van der Waals surface area (Å²) >= 11 is 0. The number of hydrogen-bond acceptors (Lipinski definition) is 3. The quantitative estimate of drug-likeness (QED) is 0.715. The van der Waals surface area contributed by atoms with Gasteiger partial charge < -0.3 is 15.4 Å². The molecule has 1 aliphatic carbocycles. The van der Waals surface area contributed by atoms with Gasteiger partial charge in [0.25, 0.3) is 0 Å². The SMILES string of the molecule is CC(C)(C)OC(=O)N[C@H]1C[C@H]2CC[C@H]1NC2. The van der Waals surface area contributed by atoms with Gasteiger partial charge in [0, 0.05) is 12.1 Å². The summed E-state index contributed by atoms with van der Waals surface area (Å²) in [4.78, 5) is 11.6. The molecule has 0 aromatic heterocycles. The predicted molar refractivity (Wildman–Crippen MR) is 62.3 cm³/mol. The van der Waals surface area contributed by atoms with E-state index in [2.05, 4.69) is 10.6 Å². The highest BCUT2D eigenvalue weighted by atomic mass is 16.6. The average molecular weight is 226 g/mol. The maximum atomic E-state index is 11.6. The molecule has 1 amide bonds. The van der Waals surface area contributed by atoms with Crippen LogP contribution in [0.4, 0.5) is 4.79 Å². The van der Waals surface area contributed by atoms with Crippen molar-refractivity contribution < 1.29 is 9.53 Å². The van der Waals surface area contributed by atoms with Crippen molar-refractivity contribution in [3.63, 3.8) is 0 Å². The van der Waals surface area contributed by atoms with Crippen LogP contribution in [0, 0.1) is 5.92 Å². The van der Waals surface area contributed by atoms with E-state index in [1.807, 2.05) is 20.8 Å². The Morgan fingerprint density at radius 2 is 2.12 bits per heavy atom. The summed E-state index contributed by atoms with van der Waals surface area (Å²) in [5.74, 6) is 0.727. The Labute approximate surface area is 97.1 Å². The van der Waals surface area contributed by atoms with Gasteiger partial charge in [-0.05, 0) is 52.5 Å². The third kappa shape index (κ3) is 2.88. The van der Waals surface area contributed by atoms with Gasteiger partial charge >= 0.3 is 6.09 Å². The van der Waals surface area contributed by atoms with E-state index in [-0.39, 0.29) is 12.1 Å². The molecule has 2 N–H and O–H groups in total. The van der Waals surface area contributed by atoms with Gasteiger partial charge in [-0.2, -0.15) is 0 Å². The Balaban J connectivity index is 1.83. The zero-order valence-corrected chi connectivity index (χ0v) is 10.4. The number of amides is 1. The van der Waals surface area contributed by atoms with E-state index in [0.717, 1.165) is 18.9 Å². The number of alkyl carbamates (subject to hydrolysis) is 1. The minimum Gasteiger partial charge on any atom is -0.444 e. The maximum absolute atomic E-state index is 11.6. The Hall–Kier alpha value is -0.770. The fourth-order valence-corrected chi connectivity index (χ4v) is 2.62. The number of piperidine rings is 2. The standard InChI is InChI=1S/C12H22N2O2/c1-12(2,3)16-11(15)14-10-6-8-4-5-9(10)13-7-8/h8-10,13H,4-7H2,1-3H3,(H,14,15)/t8-,9-,10+/m1/s1. The Morgan fingerprint density at radius 3 is 2.56 bits per heavy atom. The molecule has 16 heavy (non-hydrogen) atoms. The molecule has 3 rings (SSSR count). The van der Waals surface area contributed by atoms with Crippen LogP contribution >= 0.6 is 0 Å². The van der Waals surface area contributed by atoms with Gasteiger partial charge in [0.1, 0.15) is 5.60 Å². The fourth-order valence-electron chi connectivity index (χ4n) is 2.62. The number of rotatable bonds is 1. The Kier molecular flexibility index (Phi) is 3.10. The second-order valence-corrected chi connectivity index (χ2v) is 5.95. The van der Waals surface area contributed by atoms with Crippen molar-refractivity contribution in [2.24, 2.45) is 5.92 Å². The first-order valence-electron chi connectivity index (χ1n) is 6.17. The zero-order valence-electron chi connectivity index (χ0n) is 10.4. The lowest BCUT2D eigenvalue weighted by molar-refractivity contribution is 0.0440. The van der Waals surface area contributed by atoms with Crippen molar-refractivity contribution in [2.45, 2.75) is 57.7 Å². The van der Waals surface area contributed by atoms with Crippen LogP contribution in [-0.4, -0.2) is 30.3 Å². The summed E-state index contributed by atoms with van der Waals surface area (Å²) in [5, 5.41) is 6.45. The highest BCUT2D eigenvalue weighted by Crippen LogP contribution is 2.29. The number of hydrogen-bond donors (Lipinski definition) is 2. The van der Waals surface area contributed by atoms with Crippen LogP contribution < -0.4 is 10.6 Å². The fraction of sp³-hybridized carbons (Fsp3) is 0.917. The number of carbonyl (C=O) groups is 1. The van der Waals surface area contributed by atoms with Gasteiger partial charge in [-0.3, -0.25) is 0 Å². The normalized spacial score (nSPS) is 33.6. The van der Waals surface area contributed by atoms with E-state index < -0.39 is 5.60 Å². The summed E-state index contributed by atoms with van der Waals surface area (Å²) in [5.41, 5.74) is -0.412. The molecule has 92 valence electrons. The van der Waals surface area contributed by atoms with E-state index >= 15 is 0 Å². The van der Waals surface area contributed by atoms with Crippen LogP contribution in [0.3, 0.4) is 0 Å². The highest BCUT2D eigenvalue weighted by molar-refractivity contribution is 5.68. The van der Waals surface area contributed by atoms with Gasteiger partial charge in [0.05, 0.1) is 0 Å². The lowest BCUT2D eigenvalue weighted by Crippen LogP contribution is -2.59. The summed E-state index contributed by atoms with van der Waals surface area (Å²) < 4.78 is 5.27. The lowest BCUT2D eigenvalue weighted by atomic mass is 9.78. The predicted octanol–water partition coefficient (Wildman–Crippen LogP) is 1.65. The van der Waals surface area contributed by atoms with Crippen LogP contribution in [-0.2, 0) is 4.74 Å². The molecule has 3 atom stereocenters. The summed E-state index contributed by atoms with van der Waals surface area (Å²) in [7, 11) is 0. The summed E-state index contributed by atoms with van der Waals surface area (Å²) in [6.07, 6.45) is 3.28. The van der Waals surface area contributed by atoms with Gasteiger partial charge in [-0.1, -0.05) is 0 Å². The molecule has 3 fully saturated rings. The minimum absolute atomic E-state index is 0.252. The lowest BCUT2D eigenvalue weighted by Gasteiger charge is -2.43. The van der Waals surface area contributed by atoms with E-state index in [4.69, 9.17) is 4.74 Å². The topological polar surface area (TPSA) is 50.4 Å². The zero-order chi connectivity index (χ0) is 11.8.